The molecular weight excluding hydrogens is 344 g/mol. The van der Waals surface area contributed by atoms with E-state index in [2.05, 4.69) is 19.1 Å². The quantitative estimate of drug-likeness (QED) is 0.555. The molecule has 0 heterocycles. The van der Waals surface area contributed by atoms with E-state index in [0.717, 1.165) is 24.2 Å². The summed E-state index contributed by atoms with van der Waals surface area (Å²) in [7, 11) is 0. The van der Waals surface area contributed by atoms with Crippen LogP contribution in [0.4, 0.5) is 0 Å². The maximum Gasteiger partial charge on any atom is 0.303 e. The third kappa shape index (κ3) is 7.21. The van der Waals surface area contributed by atoms with Crippen LogP contribution in [0.2, 0.25) is 0 Å². The zero-order valence-corrected chi connectivity index (χ0v) is 16.1. The van der Waals surface area contributed by atoms with Crippen LogP contribution < -0.4 is 14.2 Å². The summed E-state index contributed by atoms with van der Waals surface area (Å²) in [5, 5.41) is 8.81. The number of rotatable bonds is 12. The van der Waals surface area contributed by atoms with Crippen molar-refractivity contribution in [3.8, 4) is 17.2 Å². The summed E-state index contributed by atoms with van der Waals surface area (Å²) in [6, 6.07) is 13.7. The summed E-state index contributed by atoms with van der Waals surface area (Å²) in [6.45, 7) is 5.40. The van der Waals surface area contributed by atoms with Gasteiger partial charge in [-0.2, -0.15) is 0 Å². The molecule has 0 radical (unpaired) electrons. The largest absolute Gasteiger partial charge is 0.490 e. The third-order valence-corrected chi connectivity index (χ3v) is 4.01. The molecule has 5 heteroatoms. The van der Waals surface area contributed by atoms with Crippen molar-refractivity contribution in [1.82, 2.24) is 0 Å². The Morgan fingerprint density at radius 1 is 0.852 bits per heavy atom. The summed E-state index contributed by atoms with van der Waals surface area (Å²) in [6.07, 6.45) is 2.76. The van der Waals surface area contributed by atoms with Crippen LogP contribution in [0.1, 0.15) is 37.8 Å². The van der Waals surface area contributed by atoms with Crippen LogP contribution >= 0.6 is 0 Å². The molecule has 2 aromatic carbocycles. The predicted octanol–water partition coefficient (Wildman–Crippen LogP) is 4.51. The van der Waals surface area contributed by atoms with Gasteiger partial charge in [0, 0.05) is 6.42 Å². The second-order valence-corrected chi connectivity index (χ2v) is 6.20. The van der Waals surface area contributed by atoms with E-state index in [1.807, 2.05) is 37.3 Å². The number of aliphatic carboxylic acids is 1. The van der Waals surface area contributed by atoms with E-state index in [1.54, 1.807) is 0 Å². The van der Waals surface area contributed by atoms with E-state index in [4.69, 9.17) is 19.3 Å². The Hall–Kier alpha value is -2.69. The molecule has 0 saturated heterocycles. The van der Waals surface area contributed by atoms with Crippen LogP contribution in [-0.2, 0) is 17.6 Å². The Morgan fingerprint density at radius 2 is 1.56 bits per heavy atom. The average molecular weight is 372 g/mol. The Bertz CT molecular complexity index is 709. The normalized spacial score (nSPS) is 10.4. The summed E-state index contributed by atoms with van der Waals surface area (Å²) < 4.78 is 17.1. The number of carboxylic acids is 1. The van der Waals surface area contributed by atoms with E-state index in [1.165, 1.54) is 5.56 Å². The van der Waals surface area contributed by atoms with Crippen molar-refractivity contribution in [2.45, 2.75) is 39.5 Å². The van der Waals surface area contributed by atoms with E-state index >= 15 is 0 Å². The fraction of sp³-hybridized carbons (Fsp3) is 0.409. The molecule has 146 valence electrons. The molecule has 0 aliphatic heterocycles. The van der Waals surface area contributed by atoms with Gasteiger partial charge in [-0.05, 0) is 55.2 Å². The summed E-state index contributed by atoms with van der Waals surface area (Å²) in [4.78, 5) is 10.7. The summed E-state index contributed by atoms with van der Waals surface area (Å²) in [5.41, 5.74) is 2.22. The Morgan fingerprint density at radius 3 is 2.22 bits per heavy atom. The predicted molar refractivity (Wildman–Crippen MR) is 105 cm³/mol. The fourth-order valence-electron chi connectivity index (χ4n) is 2.70. The lowest BCUT2D eigenvalue weighted by atomic mass is 10.1. The minimum atomic E-state index is -0.812. The number of hydrogen-bond donors (Lipinski definition) is 1. The molecule has 27 heavy (non-hydrogen) atoms. The van der Waals surface area contributed by atoms with Crippen molar-refractivity contribution in [3.05, 3.63) is 53.6 Å². The van der Waals surface area contributed by atoms with Crippen molar-refractivity contribution in [2.24, 2.45) is 0 Å². The van der Waals surface area contributed by atoms with Gasteiger partial charge in [-0.15, -0.1) is 0 Å². The number of hydrogen-bond acceptors (Lipinski definition) is 4. The molecule has 2 rings (SSSR count). The number of ether oxygens (including phenoxy) is 3. The molecule has 0 unspecified atom stereocenters. The van der Waals surface area contributed by atoms with E-state index in [0.29, 0.717) is 37.7 Å². The molecule has 0 amide bonds. The van der Waals surface area contributed by atoms with Crippen LogP contribution in [0, 0.1) is 0 Å². The van der Waals surface area contributed by atoms with E-state index in [-0.39, 0.29) is 6.42 Å². The minimum Gasteiger partial charge on any atom is -0.490 e. The second kappa shape index (κ2) is 11.1. The second-order valence-electron chi connectivity index (χ2n) is 6.20. The third-order valence-electron chi connectivity index (χ3n) is 4.01. The van der Waals surface area contributed by atoms with Crippen LogP contribution in [0.25, 0.3) is 0 Å². The SMILES string of the molecule is CCCc1ccc(OCCOc2ccc(CCC(=O)O)cc2OCC)cc1. The number of benzene rings is 2. The molecule has 5 nitrogen and oxygen atoms in total. The number of carbonyl (C=O) groups is 1. The van der Waals surface area contributed by atoms with Crippen molar-refractivity contribution >= 4 is 5.97 Å². The standard InChI is InChI=1S/C22H28O5/c1-3-5-17-6-10-19(11-7-17)26-14-15-27-20-12-8-18(9-13-22(23)24)16-21(20)25-4-2/h6-8,10-12,16H,3-5,9,13-15H2,1-2H3,(H,23,24). The number of aryl methyl sites for hydroxylation is 2. The monoisotopic (exact) mass is 372 g/mol. The lowest BCUT2D eigenvalue weighted by molar-refractivity contribution is -0.136. The topological polar surface area (TPSA) is 65.0 Å². The molecule has 1 N–H and O–H groups in total. The highest BCUT2D eigenvalue weighted by molar-refractivity contribution is 5.67. The lowest BCUT2D eigenvalue weighted by Gasteiger charge is -2.14. The van der Waals surface area contributed by atoms with Gasteiger partial charge in [0.2, 0.25) is 0 Å². The first-order valence-corrected chi connectivity index (χ1v) is 9.44. The van der Waals surface area contributed by atoms with Crippen LogP contribution in [0.3, 0.4) is 0 Å². The van der Waals surface area contributed by atoms with Gasteiger partial charge in [0.1, 0.15) is 19.0 Å². The van der Waals surface area contributed by atoms with Gasteiger partial charge >= 0.3 is 5.97 Å². The molecule has 0 bridgehead atoms. The highest BCUT2D eigenvalue weighted by Crippen LogP contribution is 2.29. The molecule has 0 aromatic heterocycles. The number of carboxylic acid groups (broad SMARTS) is 1. The van der Waals surface area contributed by atoms with E-state index < -0.39 is 5.97 Å². The molecule has 0 spiro atoms. The van der Waals surface area contributed by atoms with Crippen molar-refractivity contribution in [2.75, 3.05) is 19.8 Å². The maximum absolute atomic E-state index is 10.7. The van der Waals surface area contributed by atoms with Gasteiger partial charge in [0.15, 0.2) is 11.5 Å². The van der Waals surface area contributed by atoms with Gasteiger partial charge < -0.3 is 19.3 Å². The van der Waals surface area contributed by atoms with Crippen molar-refractivity contribution < 1.29 is 24.1 Å². The van der Waals surface area contributed by atoms with Crippen molar-refractivity contribution in [1.29, 1.82) is 0 Å². The summed E-state index contributed by atoms with van der Waals surface area (Å²) in [5.74, 6) is 1.28. The highest BCUT2D eigenvalue weighted by Gasteiger charge is 2.08. The van der Waals surface area contributed by atoms with Gasteiger partial charge in [-0.25, -0.2) is 0 Å². The Kier molecular flexibility index (Phi) is 8.49. The first-order valence-electron chi connectivity index (χ1n) is 9.44. The van der Waals surface area contributed by atoms with E-state index in [9.17, 15) is 4.79 Å². The van der Waals surface area contributed by atoms with Crippen LogP contribution in [0.15, 0.2) is 42.5 Å². The zero-order valence-electron chi connectivity index (χ0n) is 16.1. The minimum absolute atomic E-state index is 0.0939. The fourth-order valence-corrected chi connectivity index (χ4v) is 2.70. The molecule has 0 aliphatic rings. The van der Waals surface area contributed by atoms with Gasteiger partial charge in [0.25, 0.3) is 0 Å². The molecule has 0 fully saturated rings. The Balaban J connectivity index is 1.85. The summed E-state index contributed by atoms with van der Waals surface area (Å²) >= 11 is 0. The smallest absolute Gasteiger partial charge is 0.303 e. The van der Waals surface area contributed by atoms with Crippen LogP contribution in [-0.4, -0.2) is 30.9 Å². The maximum atomic E-state index is 10.7. The lowest BCUT2D eigenvalue weighted by Crippen LogP contribution is -2.10. The molecule has 2 aromatic rings. The van der Waals surface area contributed by atoms with Crippen molar-refractivity contribution in [3.63, 3.8) is 0 Å². The highest BCUT2D eigenvalue weighted by atomic mass is 16.5. The molecule has 0 atom stereocenters. The van der Waals surface area contributed by atoms with Crippen LogP contribution in [0.5, 0.6) is 17.2 Å². The molecule has 0 saturated carbocycles. The average Bonchev–Trinajstić information content (AvgIpc) is 2.66. The van der Waals surface area contributed by atoms with Gasteiger partial charge in [-0.3, -0.25) is 4.79 Å². The zero-order chi connectivity index (χ0) is 19.5. The first-order chi connectivity index (χ1) is 13.1. The van der Waals surface area contributed by atoms with Gasteiger partial charge in [-0.1, -0.05) is 31.5 Å². The molecule has 0 aliphatic carbocycles. The Labute approximate surface area is 160 Å². The van der Waals surface area contributed by atoms with Gasteiger partial charge in [0.05, 0.1) is 6.61 Å². The molecular formula is C22H28O5. The first kappa shape index (κ1) is 20.6.